The highest BCUT2D eigenvalue weighted by Gasteiger charge is 2.17. The quantitative estimate of drug-likeness (QED) is 0.712. The molecule has 1 atom stereocenters. The molecule has 5 heteroatoms. The van der Waals surface area contributed by atoms with E-state index in [9.17, 15) is 0 Å². The normalized spacial score (nSPS) is 12.4. The van der Waals surface area contributed by atoms with E-state index in [2.05, 4.69) is 72.0 Å². The second kappa shape index (κ2) is 9.67. The van der Waals surface area contributed by atoms with Gasteiger partial charge >= 0.3 is 0 Å². The van der Waals surface area contributed by atoms with Crippen molar-refractivity contribution < 1.29 is 4.74 Å². The number of nitrogens with zero attached hydrogens (tertiary/aromatic N) is 2. The second-order valence-corrected chi connectivity index (χ2v) is 7.19. The summed E-state index contributed by atoms with van der Waals surface area (Å²) >= 11 is 1.76. The number of hydrogen-bond donors (Lipinski definition) is 1. The van der Waals surface area contributed by atoms with Crippen LogP contribution < -0.4 is 15.0 Å². The third-order valence-electron chi connectivity index (χ3n) is 3.95. The smallest absolute Gasteiger partial charge is 0.143 e. The Hall–Kier alpha value is -1.56. The first kappa shape index (κ1) is 18.8. The van der Waals surface area contributed by atoms with Crippen molar-refractivity contribution in [3.05, 3.63) is 46.7 Å². The number of rotatable bonds is 10. The first-order valence-electron chi connectivity index (χ1n) is 8.41. The largest absolute Gasteiger partial charge is 0.483 e. The summed E-state index contributed by atoms with van der Waals surface area (Å²) in [4.78, 5) is 5.73. The van der Waals surface area contributed by atoms with E-state index in [0.717, 1.165) is 37.5 Å². The van der Waals surface area contributed by atoms with Crippen LogP contribution in [0, 0.1) is 0 Å². The summed E-state index contributed by atoms with van der Waals surface area (Å²) in [6.45, 7) is 2.91. The molecule has 0 bridgehead atoms. The van der Waals surface area contributed by atoms with Crippen LogP contribution in [0.25, 0.3) is 0 Å². The van der Waals surface area contributed by atoms with Crippen molar-refractivity contribution in [2.24, 2.45) is 0 Å². The lowest BCUT2D eigenvalue weighted by Crippen LogP contribution is -2.28. The maximum atomic E-state index is 6.44. The number of anilines is 1. The molecular weight excluding hydrogens is 318 g/mol. The van der Waals surface area contributed by atoms with Gasteiger partial charge in [0.1, 0.15) is 11.9 Å². The average molecular weight is 348 g/mol. The molecule has 2 aromatic rings. The first-order valence-corrected chi connectivity index (χ1v) is 9.29. The van der Waals surface area contributed by atoms with Crippen LogP contribution >= 0.6 is 11.3 Å². The lowest BCUT2D eigenvalue weighted by molar-refractivity contribution is 0.199. The third kappa shape index (κ3) is 5.51. The van der Waals surface area contributed by atoms with Gasteiger partial charge in [-0.05, 0) is 51.3 Å². The lowest BCUT2D eigenvalue weighted by atomic mass is 10.2. The minimum absolute atomic E-state index is 0.0841. The Labute approximate surface area is 150 Å². The van der Waals surface area contributed by atoms with E-state index in [4.69, 9.17) is 4.74 Å². The van der Waals surface area contributed by atoms with Crippen LogP contribution in [-0.4, -0.2) is 52.7 Å². The zero-order valence-corrected chi connectivity index (χ0v) is 16.0. The van der Waals surface area contributed by atoms with Crippen molar-refractivity contribution in [1.29, 1.82) is 0 Å². The first-order chi connectivity index (χ1) is 11.6. The zero-order chi connectivity index (χ0) is 17.4. The van der Waals surface area contributed by atoms with Gasteiger partial charge in [-0.3, -0.25) is 0 Å². The fourth-order valence-electron chi connectivity index (χ4n) is 2.51. The molecule has 24 heavy (non-hydrogen) atoms. The molecule has 132 valence electrons. The van der Waals surface area contributed by atoms with Crippen molar-refractivity contribution in [3.8, 4) is 5.75 Å². The molecule has 2 rings (SSSR count). The fraction of sp³-hybridized carbons (Fsp3) is 0.474. The van der Waals surface area contributed by atoms with Crippen molar-refractivity contribution in [3.63, 3.8) is 0 Å². The van der Waals surface area contributed by atoms with Crippen molar-refractivity contribution in [2.45, 2.75) is 12.5 Å². The Bertz CT molecular complexity index is 586. The van der Waals surface area contributed by atoms with Gasteiger partial charge in [0.2, 0.25) is 0 Å². The highest BCUT2D eigenvalue weighted by molar-refractivity contribution is 7.10. The van der Waals surface area contributed by atoms with E-state index >= 15 is 0 Å². The number of thiophene rings is 1. The molecule has 0 amide bonds. The molecule has 0 spiro atoms. The van der Waals surface area contributed by atoms with Crippen LogP contribution in [0.1, 0.15) is 17.4 Å². The molecule has 1 aromatic carbocycles. The van der Waals surface area contributed by atoms with Gasteiger partial charge in [0.25, 0.3) is 0 Å². The Morgan fingerprint density at radius 3 is 2.54 bits per heavy atom. The minimum Gasteiger partial charge on any atom is -0.483 e. The highest BCUT2D eigenvalue weighted by Crippen LogP contribution is 2.33. The summed E-state index contributed by atoms with van der Waals surface area (Å²) in [5.41, 5.74) is 1.14. The summed E-state index contributed by atoms with van der Waals surface area (Å²) in [6.07, 6.45) is 1.04. The van der Waals surface area contributed by atoms with Gasteiger partial charge < -0.3 is 19.9 Å². The maximum absolute atomic E-state index is 6.44. The minimum atomic E-state index is 0.0841. The summed E-state index contributed by atoms with van der Waals surface area (Å²) in [6, 6.07) is 12.6. The molecule has 4 nitrogen and oxygen atoms in total. The Kier molecular flexibility index (Phi) is 7.56. The van der Waals surface area contributed by atoms with Gasteiger partial charge in [-0.15, -0.1) is 11.3 Å². The van der Waals surface area contributed by atoms with Crippen LogP contribution in [0.3, 0.4) is 0 Å². The van der Waals surface area contributed by atoms with Gasteiger partial charge in [0.15, 0.2) is 0 Å². The molecule has 0 unspecified atom stereocenters. The van der Waals surface area contributed by atoms with Gasteiger partial charge in [0, 0.05) is 31.4 Å². The number of hydrogen-bond acceptors (Lipinski definition) is 5. The summed E-state index contributed by atoms with van der Waals surface area (Å²) in [5, 5.41) is 5.34. The number of para-hydroxylation sites is 2. The van der Waals surface area contributed by atoms with E-state index in [1.807, 2.05) is 13.1 Å². The Morgan fingerprint density at radius 1 is 1.08 bits per heavy atom. The highest BCUT2D eigenvalue weighted by atomic mass is 32.1. The van der Waals surface area contributed by atoms with E-state index in [1.54, 1.807) is 11.3 Å². The van der Waals surface area contributed by atoms with Crippen molar-refractivity contribution >= 4 is 17.0 Å². The van der Waals surface area contributed by atoms with Gasteiger partial charge in [-0.2, -0.15) is 0 Å². The molecule has 0 fully saturated rings. The molecule has 0 aliphatic carbocycles. The predicted molar refractivity (Wildman–Crippen MR) is 104 cm³/mol. The maximum Gasteiger partial charge on any atom is 0.143 e. The number of likely N-dealkylation sites (N-methyl/N-ethyl adjacent to an activating group) is 2. The van der Waals surface area contributed by atoms with E-state index in [0.29, 0.717) is 0 Å². The van der Waals surface area contributed by atoms with Gasteiger partial charge in [-0.1, -0.05) is 18.2 Å². The van der Waals surface area contributed by atoms with Crippen LogP contribution in [0.4, 0.5) is 5.69 Å². The summed E-state index contributed by atoms with van der Waals surface area (Å²) < 4.78 is 6.44. The lowest BCUT2D eigenvalue weighted by Gasteiger charge is -2.26. The van der Waals surface area contributed by atoms with Crippen LogP contribution in [-0.2, 0) is 0 Å². The van der Waals surface area contributed by atoms with Crippen LogP contribution in [0.2, 0.25) is 0 Å². The average Bonchev–Trinajstić information content (AvgIpc) is 3.11. The summed E-state index contributed by atoms with van der Waals surface area (Å²) in [7, 11) is 8.30. The molecule has 1 heterocycles. The zero-order valence-electron chi connectivity index (χ0n) is 15.2. The number of benzene rings is 1. The molecule has 0 aliphatic heterocycles. The molecule has 0 saturated carbocycles. The fourth-order valence-corrected chi connectivity index (χ4v) is 3.29. The van der Waals surface area contributed by atoms with E-state index in [1.165, 1.54) is 4.88 Å². The monoisotopic (exact) mass is 347 g/mol. The summed E-state index contributed by atoms with van der Waals surface area (Å²) in [5.74, 6) is 0.952. The van der Waals surface area contributed by atoms with Crippen molar-refractivity contribution in [1.82, 2.24) is 10.2 Å². The standard InChI is InChI=1S/C19H29N3OS/c1-20-12-11-18(19-10-7-15-24-19)23-17-9-6-5-8-16(17)22(4)14-13-21(2)3/h5-10,15,18,20H,11-14H2,1-4H3/t18-/m1/s1. The topological polar surface area (TPSA) is 27.7 Å². The molecule has 1 N–H and O–H groups in total. The van der Waals surface area contributed by atoms with E-state index < -0.39 is 0 Å². The number of ether oxygens (including phenoxy) is 1. The molecular formula is C19H29N3OS. The van der Waals surface area contributed by atoms with Gasteiger partial charge in [0.05, 0.1) is 5.69 Å². The van der Waals surface area contributed by atoms with Crippen LogP contribution in [0.5, 0.6) is 5.75 Å². The predicted octanol–water partition coefficient (Wildman–Crippen LogP) is 3.48. The van der Waals surface area contributed by atoms with E-state index in [-0.39, 0.29) is 6.10 Å². The Balaban J connectivity index is 2.14. The van der Waals surface area contributed by atoms with Crippen LogP contribution in [0.15, 0.2) is 41.8 Å². The third-order valence-corrected chi connectivity index (χ3v) is 4.91. The molecule has 0 saturated heterocycles. The molecule has 0 radical (unpaired) electrons. The Morgan fingerprint density at radius 2 is 1.88 bits per heavy atom. The molecule has 0 aliphatic rings. The SMILES string of the molecule is CNCC[C@@H](Oc1ccccc1N(C)CCN(C)C)c1cccs1. The van der Waals surface area contributed by atoms with Crippen molar-refractivity contribution in [2.75, 3.05) is 52.7 Å². The van der Waals surface area contributed by atoms with Gasteiger partial charge in [-0.25, -0.2) is 0 Å². The number of nitrogens with one attached hydrogen (secondary N) is 1. The second-order valence-electron chi connectivity index (χ2n) is 6.21. The molecule has 1 aromatic heterocycles.